The molecule has 1 aromatic carbocycles. The largest absolute Gasteiger partial charge is 0.207 e. The highest BCUT2D eigenvalue weighted by atomic mass is 31.1. The van der Waals surface area contributed by atoms with Crippen LogP contribution < -0.4 is 5.30 Å². The summed E-state index contributed by atoms with van der Waals surface area (Å²) in [5, 5.41) is 1.89. The van der Waals surface area contributed by atoms with Gasteiger partial charge in [-0.05, 0) is 40.6 Å². The van der Waals surface area contributed by atoms with Crippen molar-refractivity contribution in [3.05, 3.63) is 30.1 Å². The van der Waals surface area contributed by atoms with Crippen LogP contribution in [-0.2, 0) is 0 Å². The van der Waals surface area contributed by atoms with Crippen LogP contribution >= 0.6 is 7.92 Å². The smallest absolute Gasteiger partial charge is 0.123 e. The Bertz CT molecular complexity index is 363. The second-order valence-corrected chi connectivity index (χ2v) is 9.75. The molecule has 102 valence electrons. The van der Waals surface area contributed by atoms with Crippen LogP contribution in [0.15, 0.2) is 24.3 Å². The summed E-state index contributed by atoms with van der Waals surface area (Å²) in [4.78, 5) is 0. The van der Waals surface area contributed by atoms with Gasteiger partial charge in [-0.2, -0.15) is 0 Å². The molecule has 0 saturated carbocycles. The average molecular weight is 268 g/mol. The lowest BCUT2D eigenvalue weighted by Crippen LogP contribution is -2.34. The van der Waals surface area contributed by atoms with E-state index < -0.39 is 0 Å². The normalized spacial score (nSPS) is 13.1. The minimum atomic E-state index is -0.322. The van der Waals surface area contributed by atoms with Gasteiger partial charge in [-0.15, -0.1) is 0 Å². The Hall–Kier alpha value is -0.420. The first-order chi connectivity index (χ1) is 8.24. The van der Waals surface area contributed by atoms with Crippen molar-refractivity contribution in [2.45, 2.75) is 64.7 Å². The predicted molar refractivity (Wildman–Crippen MR) is 81.7 cm³/mol. The molecule has 0 bridgehead atoms. The first-order valence-electron chi connectivity index (χ1n) is 6.80. The van der Waals surface area contributed by atoms with Crippen molar-refractivity contribution in [3.8, 4) is 0 Å². The van der Waals surface area contributed by atoms with Crippen LogP contribution in [0, 0.1) is 5.82 Å². The van der Waals surface area contributed by atoms with Gasteiger partial charge in [0.15, 0.2) is 0 Å². The van der Waals surface area contributed by atoms with Crippen LogP contribution in [0.5, 0.6) is 0 Å². The van der Waals surface area contributed by atoms with Crippen molar-refractivity contribution in [2.24, 2.45) is 0 Å². The molecule has 1 aromatic rings. The van der Waals surface area contributed by atoms with Crippen LogP contribution in [0.1, 0.15) is 54.4 Å². The molecule has 0 saturated heterocycles. The Labute approximate surface area is 113 Å². The van der Waals surface area contributed by atoms with Gasteiger partial charge >= 0.3 is 0 Å². The van der Waals surface area contributed by atoms with Crippen molar-refractivity contribution in [1.82, 2.24) is 0 Å². The minimum absolute atomic E-state index is 0.141. The number of halogens is 1. The molecule has 0 aliphatic rings. The molecule has 0 aromatic heterocycles. The molecule has 0 fully saturated rings. The first-order valence-corrected chi connectivity index (χ1v) is 8.14. The van der Waals surface area contributed by atoms with E-state index in [9.17, 15) is 4.39 Å². The van der Waals surface area contributed by atoms with Gasteiger partial charge in [-0.25, -0.2) is 4.39 Å². The van der Waals surface area contributed by atoms with E-state index in [1.807, 2.05) is 12.1 Å². The second-order valence-electron chi connectivity index (χ2n) is 6.14. The molecule has 0 unspecified atom stereocenters. The highest BCUT2D eigenvalue weighted by molar-refractivity contribution is 7.68. The zero-order valence-corrected chi connectivity index (χ0v) is 13.4. The zero-order chi connectivity index (χ0) is 14.0. The summed E-state index contributed by atoms with van der Waals surface area (Å²) in [5.74, 6) is -0.141. The van der Waals surface area contributed by atoms with E-state index >= 15 is 0 Å². The lowest BCUT2D eigenvalue weighted by Gasteiger charge is -2.45. The summed E-state index contributed by atoms with van der Waals surface area (Å²) in [5.41, 5.74) is 0. The molecule has 2 heteroatoms. The fraction of sp³-hybridized carbons (Fsp3) is 0.625. The summed E-state index contributed by atoms with van der Waals surface area (Å²) < 4.78 is 13.1. The van der Waals surface area contributed by atoms with Gasteiger partial charge in [0, 0.05) is 0 Å². The Balaban J connectivity index is 3.25. The van der Waals surface area contributed by atoms with Gasteiger partial charge < -0.3 is 0 Å². The quantitative estimate of drug-likeness (QED) is 0.635. The molecular formula is C16H26FP. The molecule has 0 aliphatic carbocycles. The Morgan fingerprint density at radius 2 is 1.28 bits per heavy atom. The van der Waals surface area contributed by atoms with Gasteiger partial charge in [0.25, 0.3) is 0 Å². The summed E-state index contributed by atoms with van der Waals surface area (Å²) >= 11 is 0. The Morgan fingerprint density at radius 1 is 0.889 bits per heavy atom. The summed E-state index contributed by atoms with van der Waals surface area (Å²) in [6.07, 6.45) is 2.30. The van der Waals surface area contributed by atoms with Crippen molar-refractivity contribution >= 4 is 13.2 Å². The molecule has 1 rings (SSSR count). The molecule has 0 spiro atoms. The van der Waals surface area contributed by atoms with Crippen molar-refractivity contribution in [3.63, 3.8) is 0 Å². The van der Waals surface area contributed by atoms with Crippen molar-refractivity contribution in [1.29, 1.82) is 0 Å². The van der Waals surface area contributed by atoms with Gasteiger partial charge in [-0.1, -0.05) is 61.6 Å². The van der Waals surface area contributed by atoms with Gasteiger partial charge in [-0.3, -0.25) is 0 Å². The Morgan fingerprint density at radius 3 is 1.61 bits per heavy atom. The molecule has 0 amide bonds. The van der Waals surface area contributed by atoms with E-state index in [0.717, 1.165) is 12.8 Å². The summed E-state index contributed by atoms with van der Waals surface area (Å²) in [6.45, 7) is 13.9. The van der Waals surface area contributed by atoms with Crippen LogP contribution in [0.2, 0.25) is 0 Å². The van der Waals surface area contributed by atoms with Gasteiger partial charge in [0.1, 0.15) is 5.82 Å². The van der Waals surface area contributed by atoms with E-state index in [0.29, 0.717) is 0 Å². The number of hydrogen-bond acceptors (Lipinski definition) is 0. The topological polar surface area (TPSA) is 0 Å². The third-order valence-electron chi connectivity index (χ3n) is 4.03. The van der Waals surface area contributed by atoms with Crippen molar-refractivity contribution < 1.29 is 4.39 Å². The summed E-state index contributed by atoms with van der Waals surface area (Å²) in [7, 11) is -0.322. The van der Waals surface area contributed by atoms with E-state index in [1.54, 1.807) is 12.1 Å². The molecular weight excluding hydrogens is 242 g/mol. The number of hydrogen-bond donors (Lipinski definition) is 0. The maximum atomic E-state index is 13.1. The van der Waals surface area contributed by atoms with Crippen LogP contribution in [-0.4, -0.2) is 10.3 Å². The van der Waals surface area contributed by atoms with Crippen LogP contribution in [0.4, 0.5) is 4.39 Å². The molecule has 0 N–H and O–H groups in total. The highest BCUT2D eigenvalue weighted by Gasteiger charge is 2.39. The maximum Gasteiger partial charge on any atom is 0.123 e. The lowest BCUT2D eigenvalue weighted by atomic mass is 10.1. The third-order valence-corrected chi connectivity index (χ3v) is 7.89. The second kappa shape index (κ2) is 5.70. The molecule has 0 aliphatic heterocycles. The van der Waals surface area contributed by atoms with Gasteiger partial charge in [0.2, 0.25) is 0 Å². The van der Waals surface area contributed by atoms with Crippen LogP contribution in [0.3, 0.4) is 0 Å². The number of rotatable bonds is 5. The SMILES string of the molecule is CCC(C)(C)P(c1ccc(F)cc1)C(C)(C)CC. The molecule has 18 heavy (non-hydrogen) atoms. The van der Waals surface area contributed by atoms with Crippen molar-refractivity contribution in [2.75, 3.05) is 0 Å². The minimum Gasteiger partial charge on any atom is -0.207 e. The van der Waals surface area contributed by atoms with E-state index in [1.165, 1.54) is 5.30 Å². The molecule has 0 atom stereocenters. The average Bonchev–Trinajstić information content (AvgIpc) is 2.31. The maximum absolute atomic E-state index is 13.1. The third kappa shape index (κ3) is 3.32. The van der Waals surface area contributed by atoms with Gasteiger partial charge in [0.05, 0.1) is 0 Å². The monoisotopic (exact) mass is 268 g/mol. The first kappa shape index (κ1) is 15.6. The summed E-state index contributed by atoms with van der Waals surface area (Å²) in [6, 6.07) is 7.16. The fourth-order valence-corrected chi connectivity index (χ4v) is 6.54. The van der Waals surface area contributed by atoms with E-state index in [2.05, 4.69) is 41.5 Å². The van der Waals surface area contributed by atoms with E-state index in [-0.39, 0.29) is 24.1 Å². The molecule has 0 heterocycles. The Kier molecular flexibility index (Phi) is 4.95. The fourth-order valence-electron chi connectivity index (χ4n) is 2.42. The lowest BCUT2D eigenvalue weighted by molar-refractivity contribution is 0.609. The highest BCUT2D eigenvalue weighted by Crippen LogP contribution is 2.60. The predicted octanol–water partition coefficient (Wildman–Crippen LogP) is 5.31. The standard InChI is InChI=1S/C16H26FP/c1-7-15(3,4)18(16(5,6)8-2)14-11-9-13(17)10-12-14/h9-12H,7-8H2,1-6H3. The van der Waals surface area contributed by atoms with E-state index in [4.69, 9.17) is 0 Å². The molecule has 0 radical (unpaired) electrons. The number of benzene rings is 1. The zero-order valence-electron chi connectivity index (χ0n) is 12.5. The molecule has 0 nitrogen and oxygen atoms in total. The van der Waals surface area contributed by atoms with Crippen LogP contribution in [0.25, 0.3) is 0 Å².